The van der Waals surface area contributed by atoms with E-state index in [4.69, 9.17) is 0 Å². The van der Waals surface area contributed by atoms with Crippen molar-refractivity contribution >= 4 is 0 Å². The van der Waals surface area contributed by atoms with Gasteiger partial charge in [0.2, 0.25) is 0 Å². The van der Waals surface area contributed by atoms with Crippen LogP contribution in [0.2, 0.25) is 0 Å². The van der Waals surface area contributed by atoms with Gasteiger partial charge in [-0.2, -0.15) is 0 Å². The highest BCUT2D eigenvalue weighted by atomic mass is 16.3. The van der Waals surface area contributed by atoms with Gasteiger partial charge in [-0.1, -0.05) is 32.9 Å². The van der Waals surface area contributed by atoms with Crippen molar-refractivity contribution < 1.29 is 20.4 Å². The first kappa shape index (κ1) is 18.1. The largest absolute Gasteiger partial charge is 0.392 e. The van der Waals surface area contributed by atoms with Crippen molar-refractivity contribution in [2.75, 3.05) is 0 Å². The Hall–Kier alpha value is -0.680. The van der Waals surface area contributed by atoms with E-state index in [0.29, 0.717) is 12.0 Å². The van der Waals surface area contributed by atoms with E-state index in [1.165, 1.54) is 5.57 Å². The number of aliphatic hydroxyl groups is 4. The SMILES string of the molecule is C=C1[C@@H](O)C[C@H](O)[C@@]2(C)C[C@H](O)C3=C(C)CC[C@@H]([C@@H](O)[C@H]12)C3(C)C. The molecule has 2 fully saturated rings. The van der Waals surface area contributed by atoms with Crippen LogP contribution in [0.3, 0.4) is 0 Å². The summed E-state index contributed by atoms with van der Waals surface area (Å²) in [7, 11) is 0. The molecule has 7 atom stereocenters. The van der Waals surface area contributed by atoms with Crippen molar-refractivity contribution in [3.63, 3.8) is 0 Å². The molecule has 136 valence electrons. The van der Waals surface area contributed by atoms with Gasteiger partial charge in [-0.05, 0) is 48.7 Å². The summed E-state index contributed by atoms with van der Waals surface area (Å²) in [5.74, 6) is -0.431. The molecular formula is C20H32O4. The van der Waals surface area contributed by atoms with Crippen molar-refractivity contribution in [3.8, 4) is 0 Å². The number of aliphatic hydroxyl groups excluding tert-OH is 4. The Morgan fingerprint density at radius 3 is 2.29 bits per heavy atom. The maximum Gasteiger partial charge on any atom is 0.0776 e. The van der Waals surface area contributed by atoms with Gasteiger partial charge in [0.05, 0.1) is 24.4 Å². The maximum atomic E-state index is 11.3. The first-order valence-corrected chi connectivity index (χ1v) is 9.13. The molecule has 0 aromatic rings. The van der Waals surface area contributed by atoms with Gasteiger partial charge in [0, 0.05) is 17.8 Å². The molecule has 24 heavy (non-hydrogen) atoms. The Balaban J connectivity index is 2.16. The number of allylic oxidation sites excluding steroid dienone is 1. The van der Waals surface area contributed by atoms with Gasteiger partial charge in [-0.25, -0.2) is 0 Å². The average Bonchev–Trinajstić information content (AvgIpc) is 2.43. The predicted molar refractivity (Wildman–Crippen MR) is 93.2 cm³/mol. The van der Waals surface area contributed by atoms with Gasteiger partial charge >= 0.3 is 0 Å². The summed E-state index contributed by atoms with van der Waals surface area (Å²) < 4.78 is 0. The summed E-state index contributed by atoms with van der Waals surface area (Å²) in [6.45, 7) is 12.3. The van der Waals surface area contributed by atoms with Gasteiger partial charge in [-0.15, -0.1) is 0 Å². The summed E-state index contributed by atoms with van der Waals surface area (Å²) in [4.78, 5) is 0. The zero-order chi connectivity index (χ0) is 18.0. The molecule has 3 rings (SSSR count). The first-order chi connectivity index (χ1) is 11.0. The van der Waals surface area contributed by atoms with E-state index in [1.807, 2.05) is 6.92 Å². The van der Waals surface area contributed by atoms with E-state index < -0.39 is 35.7 Å². The van der Waals surface area contributed by atoms with E-state index in [-0.39, 0.29) is 17.8 Å². The molecule has 4 nitrogen and oxygen atoms in total. The van der Waals surface area contributed by atoms with Crippen LogP contribution in [0.25, 0.3) is 0 Å². The van der Waals surface area contributed by atoms with Crippen LogP contribution >= 0.6 is 0 Å². The summed E-state index contributed by atoms with van der Waals surface area (Å²) in [6.07, 6.45) is -0.566. The minimum Gasteiger partial charge on any atom is -0.392 e. The van der Waals surface area contributed by atoms with Gasteiger partial charge < -0.3 is 20.4 Å². The molecule has 2 saturated carbocycles. The van der Waals surface area contributed by atoms with Crippen molar-refractivity contribution in [1.29, 1.82) is 0 Å². The van der Waals surface area contributed by atoms with Gasteiger partial charge in [0.25, 0.3) is 0 Å². The van der Waals surface area contributed by atoms with Crippen LogP contribution in [0.4, 0.5) is 0 Å². The molecule has 4 heteroatoms. The number of hydrogen-bond acceptors (Lipinski definition) is 4. The van der Waals surface area contributed by atoms with E-state index >= 15 is 0 Å². The molecule has 0 amide bonds. The Morgan fingerprint density at radius 1 is 1.04 bits per heavy atom. The fourth-order valence-electron chi connectivity index (χ4n) is 6.02. The number of rotatable bonds is 0. The Kier molecular flexibility index (Phi) is 4.28. The minimum atomic E-state index is -0.798. The molecule has 0 spiro atoms. The van der Waals surface area contributed by atoms with Crippen LogP contribution in [0.15, 0.2) is 23.3 Å². The summed E-state index contributed by atoms with van der Waals surface area (Å²) in [5, 5.41) is 43.4. The highest BCUT2D eigenvalue weighted by Gasteiger charge is 2.58. The third-order valence-corrected chi connectivity index (χ3v) is 7.38. The zero-order valence-electron chi connectivity index (χ0n) is 15.3. The molecule has 0 aliphatic heterocycles. The van der Waals surface area contributed by atoms with Crippen LogP contribution in [-0.2, 0) is 0 Å². The average molecular weight is 336 g/mol. The first-order valence-electron chi connectivity index (χ1n) is 9.13. The molecule has 0 aromatic heterocycles. The lowest BCUT2D eigenvalue weighted by Crippen LogP contribution is -2.59. The lowest BCUT2D eigenvalue weighted by Gasteiger charge is -2.57. The monoisotopic (exact) mass is 336 g/mol. The second kappa shape index (κ2) is 5.66. The van der Waals surface area contributed by atoms with Crippen LogP contribution < -0.4 is 0 Å². The quantitative estimate of drug-likeness (QED) is 0.511. The van der Waals surface area contributed by atoms with E-state index in [2.05, 4.69) is 27.4 Å². The second-order valence-electron chi connectivity index (χ2n) is 9.10. The van der Waals surface area contributed by atoms with Crippen LogP contribution in [-0.4, -0.2) is 44.8 Å². The molecule has 3 aliphatic rings. The Bertz CT molecular complexity index is 578. The zero-order valence-corrected chi connectivity index (χ0v) is 15.3. The fraction of sp³-hybridized carbons (Fsp3) is 0.800. The molecule has 4 N–H and O–H groups in total. The molecule has 3 aliphatic carbocycles. The molecule has 0 unspecified atom stereocenters. The highest BCUT2D eigenvalue weighted by molar-refractivity contribution is 5.32. The summed E-state index contributed by atoms with van der Waals surface area (Å²) >= 11 is 0. The number of fused-ring (bicyclic) bond motifs is 3. The van der Waals surface area contributed by atoms with Crippen molar-refractivity contribution in [3.05, 3.63) is 23.3 Å². The van der Waals surface area contributed by atoms with Crippen molar-refractivity contribution in [1.82, 2.24) is 0 Å². The van der Waals surface area contributed by atoms with E-state index in [9.17, 15) is 20.4 Å². The standard InChI is InChI=1S/C20H32O4/c1-10-6-7-12-18(24)17-11(2)13(21)8-15(23)20(17,5)9-14(22)16(10)19(12,3)4/h12-15,17-18,21-24H,2,6-9H2,1,3-5H3/t12-,13-,14-,15-,17-,18+,20+/m0/s1. The third-order valence-electron chi connectivity index (χ3n) is 7.38. The summed E-state index contributed by atoms with van der Waals surface area (Å²) in [6, 6.07) is 0. The molecule has 2 bridgehead atoms. The Morgan fingerprint density at radius 2 is 1.67 bits per heavy atom. The topological polar surface area (TPSA) is 80.9 Å². The Labute approximate surface area is 144 Å². The lowest BCUT2D eigenvalue weighted by molar-refractivity contribution is -0.139. The third kappa shape index (κ3) is 2.34. The molecular weight excluding hydrogens is 304 g/mol. The van der Waals surface area contributed by atoms with Gasteiger partial charge in [-0.3, -0.25) is 0 Å². The van der Waals surface area contributed by atoms with Crippen LogP contribution in [0.5, 0.6) is 0 Å². The normalized spacial score (nSPS) is 48.6. The smallest absolute Gasteiger partial charge is 0.0776 e. The molecule has 0 heterocycles. The predicted octanol–water partition coefficient (Wildman–Crippen LogP) is 2.17. The fourth-order valence-corrected chi connectivity index (χ4v) is 6.02. The summed E-state index contributed by atoms with van der Waals surface area (Å²) in [5.41, 5.74) is 1.85. The van der Waals surface area contributed by atoms with Gasteiger partial charge in [0.1, 0.15) is 0 Å². The maximum absolute atomic E-state index is 11.3. The molecule has 0 aromatic carbocycles. The lowest BCUT2D eigenvalue weighted by atomic mass is 9.50. The van der Waals surface area contributed by atoms with E-state index in [0.717, 1.165) is 18.4 Å². The van der Waals surface area contributed by atoms with Gasteiger partial charge in [0.15, 0.2) is 0 Å². The van der Waals surface area contributed by atoms with Crippen molar-refractivity contribution in [2.45, 2.75) is 77.8 Å². The van der Waals surface area contributed by atoms with Crippen LogP contribution in [0.1, 0.15) is 53.4 Å². The van der Waals surface area contributed by atoms with E-state index in [1.54, 1.807) is 0 Å². The number of hydrogen-bond donors (Lipinski definition) is 4. The minimum absolute atomic E-state index is 0.0234. The second-order valence-corrected chi connectivity index (χ2v) is 9.10. The van der Waals surface area contributed by atoms with Crippen molar-refractivity contribution in [2.24, 2.45) is 22.7 Å². The highest BCUT2D eigenvalue weighted by Crippen LogP contribution is 2.58. The molecule has 0 saturated heterocycles. The molecule has 0 radical (unpaired) electrons. The van der Waals surface area contributed by atoms with Crippen LogP contribution in [0, 0.1) is 22.7 Å².